The van der Waals surface area contributed by atoms with E-state index in [-0.39, 0.29) is 5.56 Å². The monoisotopic (exact) mass is 341 g/mol. The zero-order valence-electron chi connectivity index (χ0n) is 13.7. The van der Waals surface area contributed by atoms with Crippen molar-refractivity contribution in [1.29, 1.82) is 0 Å². The molecule has 0 fully saturated rings. The molecular formula is C19H17ClFN3. The van der Waals surface area contributed by atoms with Crippen LogP contribution in [0.25, 0.3) is 10.9 Å². The topological polar surface area (TPSA) is 37.3 Å². The summed E-state index contributed by atoms with van der Waals surface area (Å²) in [6.07, 6.45) is 1.36. The molecule has 0 atom stereocenters. The third-order valence-corrected chi connectivity index (χ3v) is 4.16. The second-order valence-corrected chi connectivity index (χ2v) is 6.21. The molecule has 0 saturated carbocycles. The lowest BCUT2D eigenvalue weighted by atomic mass is 10.0. The quantitative estimate of drug-likeness (QED) is 0.511. The third-order valence-electron chi connectivity index (χ3n) is 3.83. The number of hydrogen-bond acceptors (Lipinski definition) is 3. The Kier molecular flexibility index (Phi) is 4.49. The predicted octanol–water partition coefficient (Wildman–Crippen LogP) is 5.40. The Bertz CT molecular complexity index is 931. The first-order valence-electron chi connectivity index (χ1n) is 7.57. The molecule has 0 radical (unpaired) electrons. The minimum absolute atomic E-state index is 0.246. The minimum atomic E-state index is -0.415. The number of pyridine rings is 1. The van der Waals surface area contributed by atoms with Gasteiger partial charge in [0.15, 0.2) is 0 Å². The zero-order valence-corrected chi connectivity index (χ0v) is 14.4. The lowest BCUT2D eigenvalue weighted by Gasteiger charge is -2.09. The summed E-state index contributed by atoms with van der Waals surface area (Å²) < 4.78 is 13.7. The highest BCUT2D eigenvalue weighted by Gasteiger charge is 2.07. The summed E-state index contributed by atoms with van der Waals surface area (Å²) in [5.41, 5.74) is 7.45. The fourth-order valence-electron chi connectivity index (χ4n) is 2.70. The summed E-state index contributed by atoms with van der Waals surface area (Å²) in [6.45, 7) is 6.14. The predicted molar refractivity (Wildman–Crippen MR) is 98.6 cm³/mol. The summed E-state index contributed by atoms with van der Waals surface area (Å²) in [4.78, 5) is 4.60. The van der Waals surface area contributed by atoms with Crippen LogP contribution in [0.4, 0.5) is 10.2 Å². The van der Waals surface area contributed by atoms with Gasteiger partial charge in [0.2, 0.25) is 0 Å². The van der Waals surface area contributed by atoms with Gasteiger partial charge in [-0.3, -0.25) is 5.43 Å². The highest BCUT2D eigenvalue weighted by molar-refractivity contribution is 6.33. The van der Waals surface area contributed by atoms with Crippen LogP contribution >= 0.6 is 11.6 Å². The Morgan fingerprint density at radius 1 is 1.12 bits per heavy atom. The lowest BCUT2D eigenvalue weighted by Crippen LogP contribution is -1.98. The number of aromatic nitrogens is 1. The number of anilines is 1. The molecule has 2 aromatic carbocycles. The van der Waals surface area contributed by atoms with E-state index in [1.807, 2.05) is 19.9 Å². The lowest BCUT2D eigenvalue weighted by molar-refractivity contribution is 0.626. The van der Waals surface area contributed by atoms with E-state index < -0.39 is 5.82 Å². The Labute approximate surface area is 145 Å². The molecule has 0 amide bonds. The summed E-state index contributed by atoms with van der Waals surface area (Å²) in [5, 5.41) is 5.51. The average molecular weight is 342 g/mol. The fourth-order valence-corrected chi connectivity index (χ4v) is 2.91. The SMILES string of the molecule is Cc1cc(C)c2nc(NN=Cc3c(F)cccc3Cl)cc(C)c2c1. The van der Waals surface area contributed by atoms with E-state index in [4.69, 9.17) is 11.6 Å². The van der Waals surface area contributed by atoms with E-state index in [0.717, 1.165) is 22.0 Å². The van der Waals surface area contributed by atoms with Crippen molar-refractivity contribution in [2.24, 2.45) is 5.10 Å². The van der Waals surface area contributed by atoms with Crippen molar-refractivity contribution in [2.45, 2.75) is 20.8 Å². The smallest absolute Gasteiger partial charge is 0.147 e. The summed E-state index contributed by atoms with van der Waals surface area (Å²) in [7, 11) is 0. The molecule has 0 aliphatic heterocycles. The number of halogens is 2. The molecule has 1 aromatic heterocycles. The Morgan fingerprint density at radius 3 is 2.67 bits per heavy atom. The number of aryl methyl sites for hydroxylation is 3. The molecule has 5 heteroatoms. The first kappa shape index (κ1) is 16.4. The van der Waals surface area contributed by atoms with Gasteiger partial charge in [-0.15, -0.1) is 0 Å². The van der Waals surface area contributed by atoms with E-state index in [1.165, 1.54) is 17.8 Å². The molecule has 0 unspecified atom stereocenters. The molecule has 3 nitrogen and oxygen atoms in total. The number of nitrogens with zero attached hydrogens (tertiary/aromatic N) is 2. The van der Waals surface area contributed by atoms with E-state index in [2.05, 4.69) is 34.6 Å². The maximum absolute atomic E-state index is 13.7. The van der Waals surface area contributed by atoms with E-state index >= 15 is 0 Å². The van der Waals surface area contributed by atoms with Crippen LogP contribution in [0.15, 0.2) is 41.5 Å². The minimum Gasteiger partial charge on any atom is -0.261 e. The maximum Gasteiger partial charge on any atom is 0.147 e. The van der Waals surface area contributed by atoms with Crippen LogP contribution in [0.5, 0.6) is 0 Å². The van der Waals surface area contributed by atoms with Crippen molar-refractivity contribution in [2.75, 3.05) is 5.43 Å². The van der Waals surface area contributed by atoms with Crippen molar-refractivity contribution in [3.05, 3.63) is 69.5 Å². The van der Waals surface area contributed by atoms with Crippen LogP contribution in [0.3, 0.4) is 0 Å². The van der Waals surface area contributed by atoms with Crippen LogP contribution in [-0.2, 0) is 0 Å². The molecule has 0 saturated heterocycles. The molecule has 0 aliphatic rings. The van der Waals surface area contributed by atoms with Gasteiger partial charge >= 0.3 is 0 Å². The van der Waals surface area contributed by atoms with Gasteiger partial charge in [0.25, 0.3) is 0 Å². The van der Waals surface area contributed by atoms with E-state index in [9.17, 15) is 4.39 Å². The Hall–Kier alpha value is -2.46. The number of hydrazone groups is 1. The fraction of sp³-hybridized carbons (Fsp3) is 0.158. The normalized spacial score (nSPS) is 11.4. The van der Waals surface area contributed by atoms with Crippen molar-refractivity contribution < 1.29 is 4.39 Å². The number of rotatable bonds is 3. The third kappa shape index (κ3) is 3.24. The number of nitrogens with one attached hydrogen (secondary N) is 1. The van der Waals surface area contributed by atoms with E-state index in [0.29, 0.717) is 10.8 Å². The molecule has 0 aliphatic carbocycles. The first-order valence-corrected chi connectivity index (χ1v) is 7.95. The maximum atomic E-state index is 13.7. The second kappa shape index (κ2) is 6.57. The van der Waals surface area contributed by atoms with Gasteiger partial charge < -0.3 is 0 Å². The number of fused-ring (bicyclic) bond motifs is 1. The molecule has 122 valence electrons. The zero-order chi connectivity index (χ0) is 17.3. The van der Waals surface area contributed by atoms with Crippen LogP contribution < -0.4 is 5.43 Å². The average Bonchev–Trinajstić information content (AvgIpc) is 2.51. The molecule has 24 heavy (non-hydrogen) atoms. The molecule has 1 N–H and O–H groups in total. The number of hydrogen-bond donors (Lipinski definition) is 1. The first-order chi connectivity index (χ1) is 11.5. The van der Waals surface area contributed by atoms with Crippen LogP contribution in [-0.4, -0.2) is 11.2 Å². The largest absolute Gasteiger partial charge is 0.261 e. The van der Waals surface area contributed by atoms with E-state index in [1.54, 1.807) is 12.1 Å². The van der Waals surface area contributed by atoms with Crippen molar-refractivity contribution in [3.63, 3.8) is 0 Å². The van der Waals surface area contributed by atoms with Gasteiger partial charge in [-0.25, -0.2) is 9.37 Å². The van der Waals surface area contributed by atoms with Crippen molar-refractivity contribution >= 4 is 34.5 Å². The van der Waals surface area contributed by atoms with Gasteiger partial charge in [-0.05, 0) is 56.2 Å². The van der Waals surface area contributed by atoms with Gasteiger partial charge in [-0.2, -0.15) is 5.10 Å². The highest BCUT2D eigenvalue weighted by atomic mass is 35.5. The molecule has 0 spiro atoms. The van der Waals surface area contributed by atoms with Crippen molar-refractivity contribution in [3.8, 4) is 0 Å². The Balaban J connectivity index is 1.92. The van der Waals surface area contributed by atoms with Crippen LogP contribution in [0.2, 0.25) is 5.02 Å². The number of benzene rings is 2. The molecular weight excluding hydrogens is 325 g/mol. The second-order valence-electron chi connectivity index (χ2n) is 5.81. The van der Waals surface area contributed by atoms with Crippen LogP contribution in [0, 0.1) is 26.6 Å². The molecule has 3 rings (SSSR count). The standard InChI is InChI=1S/C19H17ClFN3/c1-11-7-13(3)19-14(8-11)12(2)9-18(23-19)24-22-10-15-16(20)5-4-6-17(15)21/h4-10H,1-3H3,(H,23,24). The summed E-state index contributed by atoms with van der Waals surface area (Å²) in [6, 6.07) is 10.7. The summed E-state index contributed by atoms with van der Waals surface area (Å²) >= 11 is 5.98. The van der Waals surface area contributed by atoms with Gasteiger partial charge in [0.05, 0.1) is 16.8 Å². The molecule has 0 bridgehead atoms. The van der Waals surface area contributed by atoms with Gasteiger partial charge in [-0.1, -0.05) is 29.3 Å². The van der Waals surface area contributed by atoms with Crippen molar-refractivity contribution in [1.82, 2.24) is 4.98 Å². The highest BCUT2D eigenvalue weighted by Crippen LogP contribution is 2.24. The van der Waals surface area contributed by atoms with Crippen LogP contribution in [0.1, 0.15) is 22.3 Å². The molecule has 3 aromatic rings. The summed E-state index contributed by atoms with van der Waals surface area (Å²) in [5.74, 6) is 0.192. The molecule has 1 heterocycles. The van der Waals surface area contributed by atoms with Gasteiger partial charge in [0.1, 0.15) is 11.6 Å². The van der Waals surface area contributed by atoms with Gasteiger partial charge in [0, 0.05) is 10.9 Å². The Morgan fingerprint density at radius 2 is 1.92 bits per heavy atom.